The van der Waals surface area contributed by atoms with Crippen LogP contribution in [0.4, 0.5) is 0 Å². The van der Waals surface area contributed by atoms with Crippen LogP contribution in [0.15, 0.2) is 67.5 Å². The van der Waals surface area contributed by atoms with Gasteiger partial charge in [0.1, 0.15) is 0 Å². The van der Waals surface area contributed by atoms with Gasteiger partial charge < -0.3 is 25.3 Å². The van der Waals surface area contributed by atoms with E-state index in [1.54, 1.807) is 37.2 Å². The van der Waals surface area contributed by atoms with Gasteiger partial charge in [-0.1, -0.05) is 19.7 Å². The van der Waals surface area contributed by atoms with Crippen LogP contribution in [0.25, 0.3) is 0 Å². The summed E-state index contributed by atoms with van der Waals surface area (Å²) in [6.45, 7) is 14.7. The fraction of sp³-hybridized carbons (Fsp3) is 0.333. The van der Waals surface area contributed by atoms with Gasteiger partial charge in [-0.2, -0.15) is 0 Å². The monoisotopic (exact) mass is 399 g/mol. The minimum Gasteiger partial charge on any atom is -0.376 e. The number of hydrogen-bond acceptors (Lipinski definition) is 5. The minimum atomic E-state index is -0.362. The summed E-state index contributed by atoms with van der Waals surface area (Å²) < 4.78 is 0. The van der Waals surface area contributed by atoms with E-state index in [-0.39, 0.29) is 24.3 Å². The fourth-order valence-corrected chi connectivity index (χ4v) is 2.49. The first-order valence-corrected chi connectivity index (χ1v) is 9.15. The Morgan fingerprint density at radius 3 is 2.31 bits per heavy atom. The van der Waals surface area contributed by atoms with Crippen molar-refractivity contribution < 1.29 is 14.4 Å². The molecule has 1 fully saturated rings. The predicted octanol–water partition coefficient (Wildman–Crippen LogP) is 0.711. The highest BCUT2D eigenvalue weighted by Crippen LogP contribution is 2.07. The van der Waals surface area contributed by atoms with Crippen molar-refractivity contribution >= 4 is 17.7 Å². The van der Waals surface area contributed by atoms with Gasteiger partial charge in [0.15, 0.2) is 0 Å². The average Bonchev–Trinajstić information content (AvgIpc) is 2.71. The lowest BCUT2D eigenvalue weighted by Gasteiger charge is -2.33. The number of hydrogen-bond donors (Lipinski definition) is 2. The van der Waals surface area contributed by atoms with E-state index in [4.69, 9.17) is 0 Å². The lowest BCUT2D eigenvalue weighted by atomic mass is 10.2. The molecule has 0 aromatic heterocycles. The topological polar surface area (TPSA) is 85.0 Å². The third-order valence-corrected chi connectivity index (χ3v) is 4.21. The minimum absolute atomic E-state index is 0.0342. The second-order valence-electron chi connectivity index (χ2n) is 6.31. The molecular weight excluding hydrogens is 370 g/mol. The summed E-state index contributed by atoms with van der Waals surface area (Å²) in [5.41, 5.74) is 3.71. The van der Waals surface area contributed by atoms with Crippen molar-refractivity contribution in [2.24, 2.45) is 0 Å². The van der Waals surface area contributed by atoms with Gasteiger partial charge in [-0.05, 0) is 18.4 Å². The van der Waals surface area contributed by atoms with E-state index in [1.165, 1.54) is 17.2 Å². The lowest BCUT2D eigenvalue weighted by molar-refractivity contribution is -0.130. The molecule has 0 aliphatic carbocycles. The average molecular weight is 399 g/mol. The zero-order valence-electron chi connectivity index (χ0n) is 17.1. The Hall–Kier alpha value is -3.51. The summed E-state index contributed by atoms with van der Waals surface area (Å²) in [6, 6.07) is 0. The normalized spacial score (nSPS) is 14.4. The zero-order chi connectivity index (χ0) is 21.8. The Balaban J connectivity index is 3.00. The van der Waals surface area contributed by atoms with Crippen LogP contribution in [-0.2, 0) is 14.4 Å². The van der Waals surface area contributed by atoms with Crippen LogP contribution in [0.1, 0.15) is 6.92 Å². The molecule has 0 atom stereocenters. The Morgan fingerprint density at radius 2 is 1.79 bits per heavy atom. The molecule has 0 spiro atoms. The molecule has 0 bridgehead atoms. The van der Waals surface area contributed by atoms with Gasteiger partial charge in [-0.3, -0.25) is 14.4 Å². The van der Waals surface area contributed by atoms with E-state index in [0.717, 1.165) is 0 Å². The van der Waals surface area contributed by atoms with Crippen LogP contribution in [0.5, 0.6) is 0 Å². The molecule has 8 nitrogen and oxygen atoms in total. The van der Waals surface area contributed by atoms with E-state index in [2.05, 4.69) is 36.1 Å². The molecule has 8 heteroatoms. The summed E-state index contributed by atoms with van der Waals surface area (Å²) in [6.07, 6.45) is 7.65. The van der Waals surface area contributed by atoms with E-state index >= 15 is 0 Å². The van der Waals surface area contributed by atoms with Crippen molar-refractivity contribution in [2.75, 3.05) is 39.8 Å². The molecule has 2 N–H and O–H groups in total. The number of amides is 3. The van der Waals surface area contributed by atoms with Crippen LogP contribution in [-0.4, -0.2) is 72.2 Å². The van der Waals surface area contributed by atoms with E-state index in [0.29, 0.717) is 37.6 Å². The zero-order valence-corrected chi connectivity index (χ0v) is 17.1. The molecule has 0 saturated carbocycles. The number of allylic oxidation sites excluding steroid dienone is 2. The van der Waals surface area contributed by atoms with Crippen molar-refractivity contribution in [3.63, 3.8) is 0 Å². The van der Waals surface area contributed by atoms with Crippen molar-refractivity contribution in [3.05, 3.63) is 67.5 Å². The van der Waals surface area contributed by atoms with Gasteiger partial charge in [-0.25, -0.2) is 0 Å². The second-order valence-corrected chi connectivity index (χ2v) is 6.31. The number of piperazine rings is 1. The maximum atomic E-state index is 12.0. The third-order valence-electron chi connectivity index (χ3n) is 4.21. The Bertz CT molecular complexity index is 754. The molecule has 1 aliphatic rings. The first kappa shape index (κ1) is 23.5. The highest BCUT2D eigenvalue weighted by atomic mass is 16.2. The highest BCUT2D eigenvalue weighted by Gasteiger charge is 2.17. The van der Waals surface area contributed by atoms with Crippen LogP contribution in [0.2, 0.25) is 0 Å². The quantitative estimate of drug-likeness (QED) is 0.339. The van der Waals surface area contributed by atoms with Crippen LogP contribution in [0, 0.1) is 0 Å². The summed E-state index contributed by atoms with van der Waals surface area (Å²) in [5, 5.41) is 5.74. The van der Waals surface area contributed by atoms with Gasteiger partial charge in [0.2, 0.25) is 17.7 Å². The Morgan fingerprint density at radius 1 is 1.14 bits per heavy atom. The molecule has 0 unspecified atom stereocenters. The maximum absolute atomic E-state index is 12.0. The lowest BCUT2D eigenvalue weighted by Crippen LogP contribution is -2.46. The van der Waals surface area contributed by atoms with Gasteiger partial charge >= 0.3 is 0 Å². The van der Waals surface area contributed by atoms with Crippen LogP contribution >= 0.6 is 0 Å². The van der Waals surface area contributed by atoms with Gasteiger partial charge in [0.05, 0.1) is 12.2 Å². The molecule has 1 heterocycles. The van der Waals surface area contributed by atoms with Crippen molar-refractivity contribution in [3.8, 4) is 0 Å². The number of rotatable bonds is 9. The number of carbonyl (C=O) groups excluding carboxylic acids is 3. The van der Waals surface area contributed by atoms with Crippen molar-refractivity contribution in [2.45, 2.75) is 6.92 Å². The first-order chi connectivity index (χ1) is 13.8. The largest absolute Gasteiger partial charge is 0.376 e. The number of nitrogens with one attached hydrogen (secondary N) is 2. The van der Waals surface area contributed by atoms with E-state index in [1.807, 2.05) is 4.90 Å². The molecule has 1 saturated heterocycles. The number of nitrogens with zero attached hydrogens (tertiary/aromatic N) is 3. The fourth-order valence-electron chi connectivity index (χ4n) is 2.49. The smallest absolute Gasteiger partial charge is 0.247 e. The number of likely N-dealkylation sites (N-methyl/N-ethyl adjacent to an activating group) is 1. The molecule has 0 radical (unpaired) electrons. The predicted molar refractivity (Wildman–Crippen MR) is 113 cm³/mol. The SMILES string of the molecule is C=C=C/C(=C\C(=C\N1CCN(C(C)=O)CC1)NC(=O)C=C)NCC(=O)N(C)C=C. The van der Waals surface area contributed by atoms with Crippen LogP contribution in [0.3, 0.4) is 0 Å². The molecule has 3 amide bonds. The summed E-state index contributed by atoms with van der Waals surface area (Å²) >= 11 is 0. The van der Waals surface area contributed by atoms with E-state index in [9.17, 15) is 14.4 Å². The van der Waals surface area contributed by atoms with Gasteiger partial charge in [0.25, 0.3) is 0 Å². The second kappa shape index (κ2) is 12.0. The van der Waals surface area contributed by atoms with Crippen molar-refractivity contribution in [1.82, 2.24) is 25.3 Å². The maximum Gasteiger partial charge on any atom is 0.247 e. The number of carbonyl (C=O) groups is 3. The van der Waals surface area contributed by atoms with Gasteiger partial charge in [-0.15, -0.1) is 5.73 Å². The molecule has 1 aliphatic heterocycles. The summed E-state index contributed by atoms with van der Waals surface area (Å²) in [5.74, 6) is -0.492. The molecule has 0 aromatic rings. The van der Waals surface area contributed by atoms with Gasteiger partial charge in [0, 0.05) is 58.1 Å². The highest BCUT2D eigenvalue weighted by molar-refractivity contribution is 5.88. The standard InChI is InChI=1S/C21H29N5O3/c1-6-9-18(22-15-21(29)24(5)8-3)14-19(23-20(28)7-2)16-25-10-12-26(13-11-25)17(4)27/h7-9,14,16,22H,1-3,10-13,15H2,4-5H3,(H,23,28)/b18-14+,19-16-. The summed E-state index contributed by atoms with van der Waals surface area (Å²) in [4.78, 5) is 40.4. The summed E-state index contributed by atoms with van der Waals surface area (Å²) in [7, 11) is 1.61. The first-order valence-electron chi connectivity index (χ1n) is 9.15. The molecule has 0 aromatic carbocycles. The van der Waals surface area contributed by atoms with Crippen LogP contribution < -0.4 is 10.6 Å². The Kier molecular flexibility index (Phi) is 9.78. The molecule has 29 heavy (non-hydrogen) atoms. The third kappa shape index (κ3) is 8.36. The molecule has 1 rings (SSSR count). The molecular formula is C21H29N5O3. The van der Waals surface area contributed by atoms with Crippen molar-refractivity contribution in [1.29, 1.82) is 0 Å². The Labute approximate surface area is 172 Å². The molecule has 156 valence electrons. The van der Waals surface area contributed by atoms with E-state index < -0.39 is 0 Å².